The molecule has 162 valence electrons. The zero-order valence-corrected chi connectivity index (χ0v) is 19.0. The van der Waals surface area contributed by atoms with Gasteiger partial charge >= 0.3 is 0 Å². The van der Waals surface area contributed by atoms with Crippen LogP contribution in [0.15, 0.2) is 71.8 Å². The molecule has 2 aromatic heterocycles. The summed E-state index contributed by atoms with van der Waals surface area (Å²) < 4.78 is 3.77. The molecule has 32 heavy (non-hydrogen) atoms. The largest absolute Gasteiger partial charge is 0.318 e. The number of amides is 1. The van der Waals surface area contributed by atoms with Gasteiger partial charge in [0.2, 0.25) is 0 Å². The second-order valence-corrected chi connectivity index (χ2v) is 7.95. The zero-order valence-electron chi connectivity index (χ0n) is 18.2. The van der Waals surface area contributed by atoms with Crippen molar-refractivity contribution in [2.24, 2.45) is 5.10 Å². The second-order valence-electron chi connectivity index (χ2n) is 7.59. The Morgan fingerprint density at radius 2 is 1.72 bits per heavy atom. The molecule has 1 amide bonds. The van der Waals surface area contributed by atoms with Gasteiger partial charge < -0.3 is 4.57 Å². The van der Waals surface area contributed by atoms with E-state index in [1.807, 2.05) is 92.1 Å². The molecule has 0 aliphatic rings. The maximum Gasteiger partial charge on any atom is 0.273 e. The van der Waals surface area contributed by atoms with Gasteiger partial charge in [0.15, 0.2) is 0 Å². The Hall–Kier alpha value is -3.64. The molecule has 2 heterocycles. The van der Waals surface area contributed by atoms with Crippen LogP contribution in [0.25, 0.3) is 5.69 Å². The Balaban J connectivity index is 1.50. The average molecular weight is 446 g/mol. The van der Waals surface area contributed by atoms with Gasteiger partial charge in [0.25, 0.3) is 5.91 Å². The van der Waals surface area contributed by atoms with E-state index in [0.29, 0.717) is 22.8 Å². The first-order valence-electron chi connectivity index (χ1n) is 10.3. The molecule has 0 saturated heterocycles. The predicted octanol–water partition coefficient (Wildman–Crippen LogP) is 5.06. The summed E-state index contributed by atoms with van der Waals surface area (Å²) in [5.74, 6) is -0.276. The van der Waals surface area contributed by atoms with Crippen LogP contribution in [0.3, 0.4) is 0 Å². The van der Waals surface area contributed by atoms with Crippen LogP contribution in [0.1, 0.15) is 38.6 Å². The van der Waals surface area contributed by atoms with Gasteiger partial charge in [0.1, 0.15) is 5.15 Å². The van der Waals surface area contributed by atoms with Crippen LogP contribution < -0.4 is 5.43 Å². The number of rotatable bonds is 6. The average Bonchev–Trinajstić information content (AvgIpc) is 3.24. The monoisotopic (exact) mass is 445 g/mol. The number of carbonyl (C=O) groups excluding carboxylic acids is 1. The van der Waals surface area contributed by atoms with Crippen LogP contribution >= 0.6 is 11.6 Å². The number of benzene rings is 2. The van der Waals surface area contributed by atoms with Crippen molar-refractivity contribution in [3.63, 3.8) is 0 Å². The van der Waals surface area contributed by atoms with Gasteiger partial charge in [-0.2, -0.15) is 10.2 Å². The molecule has 0 bridgehead atoms. The quantitative estimate of drug-likeness (QED) is 0.333. The Morgan fingerprint density at radius 1 is 1.06 bits per heavy atom. The van der Waals surface area contributed by atoms with Crippen LogP contribution in [0.4, 0.5) is 0 Å². The van der Waals surface area contributed by atoms with Crippen LogP contribution in [0, 0.1) is 20.8 Å². The Kier molecular flexibility index (Phi) is 6.23. The molecule has 0 spiro atoms. The Labute approximate surface area is 192 Å². The van der Waals surface area contributed by atoms with Crippen molar-refractivity contribution >= 4 is 23.7 Å². The highest BCUT2D eigenvalue weighted by Crippen LogP contribution is 2.21. The summed E-state index contributed by atoms with van der Waals surface area (Å²) in [5.41, 5.74) is 8.55. The van der Waals surface area contributed by atoms with E-state index in [-0.39, 0.29) is 5.91 Å². The highest BCUT2D eigenvalue weighted by Gasteiger charge is 2.17. The summed E-state index contributed by atoms with van der Waals surface area (Å²) in [6.07, 6.45) is 1.54. The lowest BCUT2D eigenvalue weighted by Gasteiger charge is -2.09. The van der Waals surface area contributed by atoms with Crippen molar-refractivity contribution in [3.8, 4) is 5.69 Å². The van der Waals surface area contributed by atoms with Crippen molar-refractivity contribution in [3.05, 3.63) is 106 Å². The minimum absolute atomic E-state index is 0.276. The number of nitrogens with one attached hydrogen (secondary N) is 1. The van der Waals surface area contributed by atoms with E-state index < -0.39 is 0 Å². The molecular formula is C25H24ClN5O. The molecular weight excluding hydrogens is 422 g/mol. The maximum absolute atomic E-state index is 12.8. The van der Waals surface area contributed by atoms with Gasteiger partial charge in [-0.05, 0) is 44.5 Å². The second kappa shape index (κ2) is 9.24. The fourth-order valence-electron chi connectivity index (χ4n) is 3.76. The van der Waals surface area contributed by atoms with E-state index in [2.05, 4.69) is 15.6 Å². The van der Waals surface area contributed by atoms with Crippen molar-refractivity contribution in [2.45, 2.75) is 27.3 Å². The van der Waals surface area contributed by atoms with Crippen molar-refractivity contribution in [1.82, 2.24) is 19.8 Å². The minimum atomic E-state index is -0.276. The van der Waals surface area contributed by atoms with E-state index in [1.54, 1.807) is 10.9 Å². The Morgan fingerprint density at radius 3 is 2.41 bits per heavy atom. The summed E-state index contributed by atoms with van der Waals surface area (Å²) in [6, 6.07) is 21.8. The van der Waals surface area contributed by atoms with Crippen LogP contribution in [-0.4, -0.2) is 26.5 Å². The van der Waals surface area contributed by atoms with Crippen LogP contribution in [0.5, 0.6) is 0 Å². The topological polar surface area (TPSA) is 64.2 Å². The third-order valence-electron chi connectivity index (χ3n) is 5.33. The third kappa shape index (κ3) is 4.36. The number of hydrogen-bond donors (Lipinski definition) is 1. The van der Waals surface area contributed by atoms with Crippen molar-refractivity contribution in [1.29, 1.82) is 0 Å². The van der Waals surface area contributed by atoms with Gasteiger partial charge in [0.05, 0.1) is 29.6 Å². The highest BCUT2D eigenvalue weighted by molar-refractivity contribution is 6.32. The maximum atomic E-state index is 12.8. The molecule has 6 nitrogen and oxygen atoms in total. The molecule has 0 aliphatic heterocycles. The first kappa shape index (κ1) is 21.6. The summed E-state index contributed by atoms with van der Waals surface area (Å²) in [5, 5.41) is 9.12. The lowest BCUT2D eigenvalue weighted by Crippen LogP contribution is -2.18. The molecule has 0 saturated carbocycles. The van der Waals surface area contributed by atoms with E-state index in [9.17, 15) is 4.79 Å². The lowest BCUT2D eigenvalue weighted by atomic mass is 10.2. The molecule has 0 fully saturated rings. The van der Waals surface area contributed by atoms with Gasteiger partial charge in [-0.25, -0.2) is 10.1 Å². The number of hydrazone groups is 1. The summed E-state index contributed by atoms with van der Waals surface area (Å²) >= 11 is 6.52. The number of aryl methyl sites for hydroxylation is 2. The molecule has 0 atom stereocenters. The number of halogens is 1. The van der Waals surface area contributed by atoms with Gasteiger partial charge in [0, 0.05) is 17.1 Å². The van der Waals surface area contributed by atoms with E-state index in [1.165, 1.54) is 0 Å². The van der Waals surface area contributed by atoms with E-state index in [0.717, 1.165) is 28.3 Å². The van der Waals surface area contributed by atoms with E-state index in [4.69, 9.17) is 11.6 Å². The van der Waals surface area contributed by atoms with Gasteiger partial charge in [-0.1, -0.05) is 60.1 Å². The number of carbonyl (C=O) groups is 1. The summed E-state index contributed by atoms with van der Waals surface area (Å²) in [6.45, 7) is 6.33. The molecule has 7 heteroatoms. The number of nitrogens with zero attached hydrogens (tertiary/aromatic N) is 4. The van der Waals surface area contributed by atoms with E-state index >= 15 is 0 Å². The minimum Gasteiger partial charge on any atom is -0.318 e. The SMILES string of the molecule is Cc1nn(Cc2ccccc2)c(Cl)c1/C=N/NC(=O)c1cc(C)n(-c2ccccc2)c1C. The van der Waals surface area contributed by atoms with Crippen LogP contribution in [0.2, 0.25) is 5.15 Å². The third-order valence-corrected chi connectivity index (χ3v) is 5.73. The molecule has 1 N–H and O–H groups in total. The predicted molar refractivity (Wildman–Crippen MR) is 128 cm³/mol. The molecule has 4 rings (SSSR count). The number of aromatic nitrogens is 3. The first-order valence-corrected chi connectivity index (χ1v) is 10.7. The van der Waals surface area contributed by atoms with Gasteiger partial charge in [-0.3, -0.25) is 4.79 Å². The van der Waals surface area contributed by atoms with Gasteiger partial charge in [-0.15, -0.1) is 0 Å². The fraction of sp³-hybridized carbons (Fsp3) is 0.160. The van der Waals surface area contributed by atoms with Crippen molar-refractivity contribution < 1.29 is 4.79 Å². The lowest BCUT2D eigenvalue weighted by molar-refractivity contribution is 0.0954. The zero-order chi connectivity index (χ0) is 22.7. The molecule has 4 aromatic rings. The normalized spacial score (nSPS) is 11.2. The number of para-hydroxylation sites is 1. The molecule has 0 radical (unpaired) electrons. The van der Waals surface area contributed by atoms with Crippen LogP contribution in [-0.2, 0) is 6.54 Å². The standard InChI is InChI=1S/C25H24ClN5O/c1-17-14-22(19(3)31(17)21-12-8-5-9-13-21)25(32)28-27-15-23-18(2)29-30(24(23)26)16-20-10-6-4-7-11-20/h4-15H,16H2,1-3H3,(H,28,32)/b27-15+. The molecule has 0 unspecified atom stereocenters. The number of hydrogen-bond acceptors (Lipinski definition) is 3. The highest BCUT2D eigenvalue weighted by atomic mass is 35.5. The molecule has 0 aliphatic carbocycles. The summed E-state index contributed by atoms with van der Waals surface area (Å²) in [7, 11) is 0. The van der Waals surface area contributed by atoms with Crippen molar-refractivity contribution in [2.75, 3.05) is 0 Å². The first-order chi connectivity index (χ1) is 15.5. The smallest absolute Gasteiger partial charge is 0.273 e. The summed E-state index contributed by atoms with van der Waals surface area (Å²) in [4.78, 5) is 12.8. The fourth-order valence-corrected chi connectivity index (χ4v) is 4.04. The Bertz CT molecular complexity index is 1270. The molecule has 2 aromatic carbocycles.